The first-order valence-corrected chi connectivity index (χ1v) is 11.1. The molecule has 1 amide bonds. The summed E-state index contributed by atoms with van der Waals surface area (Å²) in [5.41, 5.74) is 1.79. The van der Waals surface area contributed by atoms with Gasteiger partial charge in [-0.2, -0.15) is 0 Å². The fourth-order valence-corrected chi connectivity index (χ4v) is 3.65. The summed E-state index contributed by atoms with van der Waals surface area (Å²) in [4.78, 5) is 14.5. The Bertz CT molecular complexity index is 896. The van der Waals surface area contributed by atoms with Crippen molar-refractivity contribution in [1.29, 1.82) is 0 Å². The normalized spacial score (nSPS) is 11.2. The van der Waals surface area contributed by atoms with Gasteiger partial charge in [0.2, 0.25) is 0 Å². The van der Waals surface area contributed by atoms with Gasteiger partial charge in [-0.15, -0.1) is 0 Å². The Balaban J connectivity index is 1.88. The van der Waals surface area contributed by atoms with E-state index in [0.717, 1.165) is 9.13 Å². The molecule has 0 N–H and O–H groups in total. The molecule has 0 spiro atoms. The molecule has 5 nitrogen and oxygen atoms in total. The second-order valence-electron chi connectivity index (χ2n) is 6.11. The third kappa shape index (κ3) is 5.44. The van der Waals surface area contributed by atoms with Crippen LogP contribution in [0.25, 0.3) is 0 Å². The predicted octanol–water partition coefficient (Wildman–Crippen LogP) is 3.54. The Morgan fingerprint density at radius 3 is 2.58 bits per heavy atom. The highest BCUT2D eigenvalue weighted by Crippen LogP contribution is 2.19. The number of rotatable bonds is 7. The highest BCUT2D eigenvalue weighted by atomic mass is 127. The summed E-state index contributed by atoms with van der Waals surface area (Å²) in [5, 5.41) is 0. The smallest absolute Gasteiger partial charge is 0.254 e. The molecular weight excluding hydrogens is 465 g/mol. The van der Waals surface area contributed by atoms with E-state index in [1.54, 1.807) is 24.1 Å². The fraction of sp³-hybridized carbons (Fsp3) is 0.316. The maximum absolute atomic E-state index is 12.6. The number of sulfone groups is 1. The van der Waals surface area contributed by atoms with Crippen LogP contribution in [-0.4, -0.2) is 45.7 Å². The van der Waals surface area contributed by atoms with E-state index < -0.39 is 9.84 Å². The van der Waals surface area contributed by atoms with E-state index in [0.29, 0.717) is 30.9 Å². The van der Waals surface area contributed by atoms with E-state index in [2.05, 4.69) is 22.6 Å². The molecule has 0 saturated carbocycles. The minimum absolute atomic E-state index is 0.0165. The number of carbonyl (C=O) groups is 1. The van der Waals surface area contributed by atoms with Crippen LogP contribution >= 0.6 is 22.6 Å². The van der Waals surface area contributed by atoms with Gasteiger partial charge < -0.3 is 9.64 Å². The lowest BCUT2D eigenvalue weighted by Crippen LogP contribution is -2.29. The second kappa shape index (κ2) is 8.85. The van der Waals surface area contributed by atoms with Gasteiger partial charge in [-0.1, -0.05) is 18.2 Å². The fourth-order valence-electron chi connectivity index (χ4n) is 2.41. The number of hydrogen-bond acceptors (Lipinski definition) is 4. The molecule has 0 aromatic heterocycles. The molecule has 0 unspecified atom stereocenters. The van der Waals surface area contributed by atoms with Crippen LogP contribution in [0.5, 0.6) is 5.75 Å². The molecule has 0 aliphatic carbocycles. The van der Waals surface area contributed by atoms with Crippen LogP contribution < -0.4 is 4.74 Å². The molecule has 0 heterocycles. The number of aryl methyl sites for hydroxylation is 1. The Kier molecular flexibility index (Phi) is 7.05. The SMILES string of the molecule is Cc1cccc(C(=O)N(C)CCCOc2cccc(S(C)(=O)=O)c2)c1I. The number of carbonyl (C=O) groups excluding carboxylic acids is 1. The molecule has 140 valence electrons. The number of hydrogen-bond donors (Lipinski definition) is 0. The molecule has 26 heavy (non-hydrogen) atoms. The zero-order chi connectivity index (χ0) is 19.3. The largest absolute Gasteiger partial charge is 0.493 e. The molecule has 0 fully saturated rings. The zero-order valence-electron chi connectivity index (χ0n) is 15.0. The van der Waals surface area contributed by atoms with Crippen molar-refractivity contribution in [2.45, 2.75) is 18.2 Å². The Hall–Kier alpha value is -1.61. The van der Waals surface area contributed by atoms with Gasteiger partial charge in [0, 0.05) is 23.4 Å². The predicted molar refractivity (Wildman–Crippen MR) is 111 cm³/mol. The summed E-state index contributed by atoms with van der Waals surface area (Å²) in [6.45, 7) is 2.93. The van der Waals surface area contributed by atoms with Crippen LogP contribution in [0.1, 0.15) is 22.3 Å². The summed E-state index contributed by atoms with van der Waals surface area (Å²) in [6, 6.07) is 12.1. The van der Waals surface area contributed by atoms with Gasteiger partial charge in [-0.3, -0.25) is 4.79 Å². The average Bonchev–Trinajstić information content (AvgIpc) is 2.60. The van der Waals surface area contributed by atoms with E-state index in [9.17, 15) is 13.2 Å². The Morgan fingerprint density at radius 2 is 1.88 bits per heavy atom. The molecule has 2 aromatic carbocycles. The van der Waals surface area contributed by atoms with Crippen LogP contribution in [0.4, 0.5) is 0 Å². The minimum Gasteiger partial charge on any atom is -0.493 e. The van der Waals surface area contributed by atoms with Gasteiger partial charge in [0.15, 0.2) is 9.84 Å². The number of halogens is 1. The third-order valence-corrected chi connectivity index (χ3v) is 6.45. The molecular formula is C19H22INO4S. The lowest BCUT2D eigenvalue weighted by Gasteiger charge is -2.18. The number of ether oxygens (including phenoxy) is 1. The van der Waals surface area contributed by atoms with Gasteiger partial charge in [0.1, 0.15) is 5.75 Å². The molecule has 0 radical (unpaired) electrons. The van der Waals surface area contributed by atoms with Gasteiger partial charge in [-0.05, 0) is 65.8 Å². The molecule has 0 saturated heterocycles. The van der Waals surface area contributed by atoms with Crippen LogP contribution in [0.15, 0.2) is 47.4 Å². The van der Waals surface area contributed by atoms with Crippen molar-refractivity contribution >= 4 is 38.3 Å². The lowest BCUT2D eigenvalue weighted by molar-refractivity contribution is 0.0786. The van der Waals surface area contributed by atoms with Crippen molar-refractivity contribution in [3.63, 3.8) is 0 Å². The van der Waals surface area contributed by atoms with Gasteiger partial charge in [-0.25, -0.2) is 8.42 Å². The summed E-state index contributed by atoms with van der Waals surface area (Å²) >= 11 is 2.19. The van der Waals surface area contributed by atoms with E-state index in [4.69, 9.17) is 4.74 Å². The highest BCUT2D eigenvalue weighted by Gasteiger charge is 2.15. The van der Waals surface area contributed by atoms with E-state index in [-0.39, 0.29) is 10.8 Å². The summed E-state index contributed by atoms with van der Waals surface area (Å²) in [6.07, 6.45) is 1.81. The summed E-state index contributed by atoms with van der Waals surface area (Å²) < 4.78 is 29.7. The first kappa shape index (κ1) is 20.7. The van der Waals surface area contributed by atoms with Crippen LogP contribution in [-0.2, 0) is 9.84 Å². The van der Waals surface area contributed by atoms with Gasteiger partial charge in [0.05, 0.1) is 17.1 Å². The van der Waals surface area contributed by atoms with Crippen LogP contribution in [0, 0.1) is 10.5 Å². The average molecular weight is 487 g/mol. The molecule has 2 aromatic rings. The molecule has 0 bridgehead atoms. The van der Waals surface area contributed by atoms with Crippen molar-refractivity contribution in [3.05, 3.63) is 57.2 Å². The van der Waals surface area contributed by atoms with Gasteiger partial charge in [0.25, 0.3) is 5.91 Å². The van der Waals surface area contributed by atoms with Crippen LogP contribution in [0.3, 0.4) is 0 Å². The monoisotopic (exact) mass is 487 g/mol. The van der Waals surface area contributed by atoms with E-state index >= 15 is 0 Å². The summed E-state index contributed by atoms with van der Waals surface area (Å²) in [7, 11) is -1.48. The Labute approximate surface area is 168 Å². The van der Waals surface area contributed by atoms with Crippen molar-refractivity contribution in [3.8, 4) is 5.75 Å². The highest BCUT2D eigenvalue weighted by molar-refractivity contribution is 14.1. The number of benzene rings is 2. The Morgan fingerprint density at radius 1 is 1.19 bits per heavy atom. The maximum atomic E-state index is 12.6. The standard InChI is InChI=1S/C19H22INO4S/c1-14-7-4-10-17(18(14)20)19(22)21(2)11-6-12-25-15-8-5-9-16(13-15)26(3,23)24/h4-5,7-10,13H,6,11-12H2,1-3H3. The first-order valence-electron chi connectivity index (χ1n) is 8.13. The van der Waals surface area contributed by atoms with Crippen LogP contribution in [0.2, 0.25) is 0 Å². The quantitative estimate of drug-likeness (QED) is 0.443. The third-order valence-electron chi connectivity index (χ3n) is 3.91. The van der Waals surface area contributed by atoms with E-state index in [1.165, 1.54) is 18.4 Å². The summed E-state index contributed by atoms with van der Waals surface area (Å²) in [5.74, 6) is 0.493. The number of nitrogens with zero attached hydrogens (tertiary/aromatic N) is 1. The zero-order valence-corrected chi connectivity index (χ0v) is 18.0. The first-order chi connectivity index (χ1) is 12.2. The molecule has 0 atom stereocenters. The van der Waals surface area contributed by atoms with Crippen molar-refractivity contribution < 1.29 is 17.9 Å². The van der Waals surface area contributed by atoms with Crippen molar-refractivity contribution in [2.24, 2.45) is 0 Å². The molecule has 0 aliphatic heterocycles. The molecule has 7 heteroatoms. The van der Waals surface area contributed by atoms with Crippen molar-refractivity contribution in [1.82, 2.24) is 4.90 Å². The lowest BCUT2D eigenvalue weighted by atomic mass is 10.1. The van der Waals surface area contributed by atoms with Crippen molar-refractivity contribution in [2.75, 3.05) is 26.5 Å². The topological polar surface area (TPSA) is 63.7 Å². The molecule has 2 rings (SSSR count). The number of amides is 1. The molecule has 0 aliphatic rings. The van der Waals surface area contributed by atoms with Gasteiger partial charge >= 0.3 is 0 Å². The maximum Gasteiger partial charge on any atom is 0.254 e. The minimum atomic E-state index is -3.25. The second-order valence-corrected chi connectivity index (χ2v) is 9.21. The van der Waals surface area contributed by atoms with E-state index in [1.807, 2.05) is 25.1 Å².